The predicted octanol–water partition coefficient (Wildman–Crippen LogP) is 0.963. The third-order valence-corrected chi connectivity index (χ3v) is 4.30. The molecule has 118 valence electrons. The standard InChI is InChI=1S/C13H16FN5O2S/c1-2-11-12(14)13(18-9-17-11)16-6-7-19-22(20,21)10-4-3-5-15-8-10/h3-5,8-9,19H,2,6-7H2,1H3,(H,16,17,18). The molecule has 0 fully saturated rings. The molecule has 2 aromatic heterocycles. The lowest BCUT2D eigenvalue weighted by Gasteiger charge is -2.09. The van der Waals surface area contributed by atoms with Crippen LogP contribution >= 0.6 is 0 Å². The molecule has 9 heteroatoms. The lowest BCUT2D eigenvalue weighted by molar-refractivity contribution is 0.581. The molecule has 22 heavy (non-hydrogen) atoms. The Hall–Kier alpha value is -2.13. The summed E-state index contributed by atoms with van der Waals surface area (Å²) in [4.78, 5) is 11.5. The van der Waals surface area contributed by atoms with Gasteiger partial charge in [-0.15, -0.1) is 0 Å². The minimum absolute atomic E-state index is 0.0624. The Labute approximate surface area is 128 Å². The van der Waals surface area contributed by atoms with Crippen LogP contribution in [-0.4, -0.2) is 36.5 Å². The van der Waals surface area contributed by atoms with Crippen LogP contribution in [0, 0.1) is 5.82 Å². The molecule has 7 nitrogen and oxygen atoms in total. The van der Waals surface area contributed by atoms with Crippen LogP contribution in [-0.2, 0) is 16.4 Å². The van der Waals surface area contributed by atoms with E-state index in [0.29, 0.717) is 12.1 Å². The third-order valence-electron chi connectivity index (χ3n) is 2.85. The first kappa shape index (κ1) is 16.2. The van der Waals surface area contributed by atoms with Crippen LogP contribution in [0.3, 0.4) is 0 Å². The highest BCUT2D eigenvalue weighted by Gasteiger charge is 2.13. The van der Waals surface area contributed by atoms with Gasteiger partial charge in [-0.2, -0.15) is 0 Å². The number of sulfonamides is 1. The summed E-state index contributed by atoms with van der Waals surface area (Å²) < 4.78 is 40.1. The normalized spacial score (nSPS) is 11.4. The maximum absolute atomic E-state index is 13.9. The van der Waals surface area contributed by atoms with Gasteiger partial charge in [-0.05, 0) is 18.6 Å². The molecule has 0 aromatic carbocycles. The Morgan fingerprint density at radius 2 is 2.09 bits per heavy atom. The van der Waals surface area contributed by atoms with Crippen LogP contribution in [0.4, 0.5) is 10.2 Å². The van der Waals surface area contributed by atoms with Crippen molar-refractivity contribution in [3.63, 3.8) is 0 Å². The molecule has 0 aliphatic heterocycles. The van der Waals surface area contributed by atoms with Gasteiger partial charge in [0, 0.05) is 25.5 Å². The van der Waals surface area contributed by atoms with E-state index in [-0.39, 0.29) is 23.8 Å². The number of nitrogens with zero attached hydrogens (tertiary/aromatic N) is 3. The maximum Gasteiger partial charge on any atom is 0.242 e. The number of hydrogen-bond donors (Lipinski definition) is 2. The summed E-state index contributed by atoms with van der Waals surface area (Å²) in [6.07, 6.45) is 4.47. The van der Waals surface area contributed by atoms with Gasteiger partial charge in [-0.25, -0.2) is 27.5 Å². The lowest BCUT2D eigenvalue weighted by Crippen LogP contribution is -2.29. The second-order valence-corrected chi connectivity index (χ2v) is 6.12. The summed E-state index contributed by atoms with van der Waals surface area (Å²) in [5.41, 5.74) is 0.313. The number of halogens is 1. The topological polar surface area (TPSA) is 96.9 Å². The highest BCUT2D eigenvalue weighted by atomic mass is 32.2. The number of nitrogens with one attached hydrogen (secondary N) is 2. The maximum atomic E-state index is 13.9. The first-order valence-corrected chi connectivity index (χ1v) is 8.16. The smallest absolute Gasteiger partial charge is 0.242 e. The van der Waals surface area contributed by atoms with Crippen LogP contribution in [0.1, 0.15) is 12.6 Å². The summed E-state index contributed by atoms with van der Waals surface area (Å²) in [5.74, 6) is -0.451. The number of aromatic nitrogens is 3. The van der Waals surface area contributed by atoms with Crippen molar-refractivity contribution < 1.29 is 12.8 Å². The fourth-order valence-electron chi connectivity index (χ4n) is 1.73. The van der Waals surface area contributed by atoms with Crippen molar-refractivity contribution in [1.82, 2.24) is 19.7 Å². The molecule has 0 amide bonds. The molecule has 0 aliphatic rings. The van der Waals surface area contributed by atoms with E-state index in [1.165, 1.54) is 30.9 Å². The van der Waals surface area contributed by atoms with Gasteiger partial charge >= 0.3 is 0 Å². The van der Waals surface area contributed by atoms with Gasteiger partial charge in [0.05, 0.1) is 5.69 Å². The zero-order valence-corrected chi connectivity index (χ0v) is 12.8. The zero-order valence-electron chi connectivity index (χ0n) is 12.0. The molecule has 0 aliphatic carbocycles. The number of pyridine rings is 1. The lowest BCUT2D eigenvalue weighted by atomic mass is 10.3. The molecule has 2 N–H and O–H groups in total. The van der Waals surface area contributed by atoms with Gasteiger partial charge in [0.2, 0.25) is 10.0 Å². The summed E-state index contributed by atoms with van der Waals surface area (Å²) in [6, 6.07) is 2.98. The summed E-state index contributed by atoms with van der Waals surface area (Å²) >= 11 is 0. The minimum Gasteiger partial charge on any atom is -0.366 e. The molecule has 0 atom stereocenters. The van der Waals surface area contributed by atoms with E-state index in [9.17, 15) is 12.8 Å². The second kappa shape index (κ2) is 7.23. The van der Waals surface area contributed by atoms with Gasteiger partial charge in [0.15, 0.2) is 11.6 Å². The monoisotopic (exact) mass is 325 g/mol. The third kappa shape index (κ3) is 3.95. The molecular formula is C13H16FN5O2S. The second-order valence-electron chi connectivity index (χ2n) is 4.35. The van der Waals surface area contributed by atoms with E-state index in [4.69, 9.17) is 0 Å². The summed E-state index contributed by atoms with van der Waals surface area (Å²) in [6.45, 7) is 2.07. The number of rotatable bonds is 7. The van der Waals surface area contributed by atoms with Crippen LogP contribution < -0.4 is 10.0 Å². The highest BCUT2D eigenvalue weighted by Crippen LogP contribution is 2.12. The van der Waals surface area contributed by atoms with Gasteiger partial charge in [-0.1, -0.05) is 6.92 Å². The SMILES string of the molecule is CCc1ncnc(NCCNS(=O)(=O)c2cccnc2)c1F. The van der Waals surface area contributed by atoms with Crippen molar-refractivity contribution in [3.05, 3.63) is 42.4 Å². The van der Waals surface area contributed by atoms with E-state index in [0.717, 1.165) is 0 Å². The van der Waals surface area contributed by atoms with E-state index in [1.54, 1.807) is 6.92 Å². The molecule has 0 spiro atoms. The highest BCUT2D eigenvalue weighted by molar-refractivity contribution is 7.89. The Morgan fingerprint density at radius 3 is 2.77 bits per heavy atom. The van der Waals surface area contributed by atoms with E-state index in [1.807, 2.05) is 0 Å². The fraction of sp³-hybridized carbons (Fsp3) is 0.308. The first-order chi connectivity index (χ1) is 10.5. The minimum atomic E-state index is -3.62. The molecule has 0 unspecified atom stereocenters. The van der Waals surface area contributed by atoms with Crippen molar-refractivity contribution in [2.45, 2.75) is 18.2 Å². The molecule has 2 rings (SSSR count). The van der Waals surface area contributed by atoms with E-state index < -0.39 is 15.8 Å². The molecule has 0 bridgehead atoms. The number of anilines is 1. The fourth-order valence-corrected chi connectivity index (χ4v) is 2.73. The van der Waals surface area contributed by atoms with Crippen LogP contribution in [0.25, 0.3) is 0 Å². The predicted molar refractivity (Wildman–Crippen MR) is 79.3 cm³/mol. The van der Waals surface area contributed by atoms with Gasteiger partial charge < -0.3 is 5.32 Å². The van der Waals surface area contributed by atoms with Gasteiger partial charge in [0.25, 0.3) is 0 Å². The summed E-state index contributed by atoms with van der Waals surface area (Å²) in [5, 5.41) is 2.74. The van der Waals surface area contributed by atoms with Gasteiger partial charge in [0.1, 0.15) is 11.2 Å². The van der Waals surface area contributed by atoms with Crippen molar-refractivity contribution in [3.8, 4) is 0 Å². The molecule has 0 saturated heterocycles. The average molecular weight is 325 g/mol. The van der Waals surface area contributed by atoms with Crippen LogP contribution in [0.2, 0.25) is 0 Å². The van der Waals surface area contributed by atoms with Crippen molar-refractivity contribution in [2.24, 2.45) is 0 Å². The summed E-state index contributed by atoms with van der Waals surface area (Å²) in [7, 11) is -3.62. The molecule has 2 aromatic rings. The molecule has 0 saturated carbocycles. The molecule has 0 radical (unpaired) electrons. The Bertz CT molecular complexity index is 724. The Morgan fingerprint density at radius 1 is 1.27 bits per heavy atom. The molecule has 2 heterocycles. The molecular weight excluding hydrogens is 309 g/mol. The van der Waals surface area contributed by atoms with Crippen LogP contribution in [0.15, 0.2) is 35.7 Å². The quantitative estimate of drug-likeness (QED) is 0.736. The Balaban J connectivity index is 1.90. The van der Waals surface area contributed by atoms with E-state index in [2.05, 4.69) is 25.0 Å². The van der Waals surface area contributed by atoms with E-state index >= 15 is 0 Å². The average Bonchev–Trinajstić information content (AvgIpc) is 2.54. The number of aryl methyl sites for hydroxylation is 1. The number of hydrogen-bond acceptors (Lipinski definition) is 6. The Kier molecular flexibility index (Phi) is 5.34. The zero-order chi connectivity index (χ0) is 16.0. The van der Waals surface area contributed by atoms with Crippen molar-refractivity contribution in [2.75, 3.05) is 18.4 Å². The largest absolute Gasteiger partial charge is 0.366 e. The van der Waals surface area contributed by atoms with Gasteiger partial charge in [-0.3, -0.25) is 4.98 Å². The van der Waals surface area contributed by atoms with Crippen LogP contribution in [0.5, 0.6) is 0 Å². The van der Waals surface area contributed by atoms with Crippen molar-refractivity contribution >= 4 is 15.8 Å². The van der Waals surface area contributed by atoms with Crippen molar-refractivity contribution in [1.29, 1.82) is 0 Å². The first-order valence-electron chi connectivity index (χ1n) is 6.67.